The monoisotopic (exact) mass is 299 g/mol. The van der Waals surface area contributed by atoms with Gasteiger partial charge in [0.2, 0.25) is 0 Å². The van der Waals surface area contributed by atoms with Crippen LogP contribution in [0, 0.1) is 5.82 Å². The van der Waals surface area contributed by atoms with Gasteiger partial charge in [0.1, 0.15) is 5.82 Å². The molecule has 2 rings (SSSR count). The molecule has 0 spiro atoms. The Morgan fingerprint density at radius 2 is 1.84 bits per heavy atom. The number of halogens is 2. The molecule has 0 aliphatic rings. The molecule has 0 aliphatic heterocycles. The number of hydrogen-bond acceptors (Lipinski definition) is 3. The van der Waals surface area contributed by atoms with E-state index in [-0.39, 0.29) is 21.4 Å². The molecule has 0 aliphatic carbocycles. The second kappa shape index (κ2) is 5.19. The van der Waals surface area contributed by atoms with Crippen LogP contribution >= 0.6 is 11.6 Å². The lowest BCUT2D eigenvalue weighted by Crippen LogP contribution is -2.08. The number of nitrogen functional groups attached to an aromatic ring is 1. The molecule has 0 bridgehead atoms. The van der Waals surface area contributed by atoms with Crippen molar-refractivity contribution in [1.29, 1.82) is 0 Å². The SMILES string of the molecule is Nc1ccccc1S(=O)(=O)Cc1ccc(Cl)c(F)c1. The van der Waals surface area contributed by atoms with E-state index in [2.05, 4.69) is 0 Å². The predicted molar refractivity (Wildman–Crippen MR) is 73.2 cm³/mol. The molecule has 0 saturated carbocycles. The van der Waals surface area contributed by atoms with Crippen LogP contribution in [0.5, 0.6) is 0 Å². The van der Waals surface area contributed by atoms with E-state index >= 15 is 0 Å². The lowest BCUT2D eigenvalue weighted by Gasteiger charge is -2.07. The van der Waals surface area contributed by atoms with Crippen molar-refractivity contribution in [2.75, 3.05) is 5.73 Å². The first kappa shape index (κ1) is 13.8. The van der Waals surface area contributed by atoms with Crippen molar-refractivity contribution < 1.29 is 12.8 Å². The molecule has 2 aromatic carbocycles. The Balaban J connectivity index is 2.37. The highest BCUT2D eigenvalue weighted by molar-refractivity contribution is 7.90. The summed E-state index contributed by atoms with van der Waals surface area (Å²) in [7, 11) is -3.61. The molecule has 0 radical (unpaired) electrons. The Morgan fingerprint density at radius 3 is 2.47 bits per heavy atom. The first-order valence-electron chi connectivity index (χ1n) is 5.41. The maximum absolute atomic E-state index is 13.3. The molecule has 0 heterocycles. The normalized spacial score (nSPS) is 11.5. The fourth-order valence-electron chi connectivity index (χ4n) is 1.69. The fourth-order valence-corrected chi connectivity index (χ4v) is 3.29. The maximum atomic E-state index is 13.3. The standard InChI is InChI=1S/C13H11ClFNO2S/c14-10-6-5-9(7-11(10)15)8-19(17,18)13-4-2-1-3-12(13)16/h1-7H,8,16H2. The van der Waals surface area contributed by atoms with Crippen LogP contribution in [0.4, 0.5) is 10.1 Å². The first-order valence-corrected chi connectivity index (χ1v) is 7.44. The lowest BCUT2D eigenvalue weighted by molar-refractivity contribution is 0.595. The summed E-state index contributed by atoms with van der Waals surface area (Å²) >= 11 is 5.55. The van der Waals surface area contributed by atoms with Crippen LogP contribution in [-0.4, -0.2) is 8.42 Å². The zero-order valence-corrected chi connectivity index (χ0v) is 11.4. The summed E-state index contributed by atoms with van der Waals surface area (Å²) in [6, 6.07) is 10.1. The van der Waals surface area contributed by atoms with E-state index < -0.39 is 15.7 Å². The summed E-state index contributed by atoms with van der Waals surface area (Å²) in [5.41, 5.74) is 6.14. The number of hydrogen-bond donors (Lipinski definition) is 1. The van der Waals surface area contributed by atoms with E-state index in [0.717, 1.165) is 6.07 Å². The minimum atomic E-state index is -3.61. The zero-order valence-electron chi connectivity index (χ0n) is 9.81. The number of rotatable bonds is 3. The molecule has 6 heteroatoms. The Hall–Kier alpha value is -1.59. The highest BCUT2D eigenvalue weighted by Crippen LogP contribution is 2.23. The van der Waals surface area contributed by atoms with Gasteiger partial charge >= 0.3 is 0 Å². The second-order valence-corrected chi connectivity index (χ2v) is 6.41. The van der Waals surface area contributed by atoms with Crippen molar-refractivity contribution in [3.8, 4) is 0 Å². The summed E-state index contributed by atoms with van der Waals surface area (Å²) in [6.45, 7) is 0. The van der Waals surface area contributed by atoms with Crippen molar-refractivity contribution in [2.45, 2.75) is 10.6 Å². The Morgan fingerprint density at radius 1 is 1.16 bits per heavy atom. The van der Waals surface area contributed by atoms with E-state index in [1.807, 2.05) is 0 Å². The summed E-state index contributed by atoms with van der Waals surface area (Å²) < 4.78 is 37.7. The van der Waals surface area contributed by atoms with Gasteiger partial charge in [0, 0.05) is 0 Å². The van der Waals surface area contributed by atoms with Crippen LogP contribution in [0.2, 0.25) is 5.02 Å². The van der Waals surface area contributed by atoms with E-state index in [1.54, 1.807) is 12.1 Å². The van der Waals surface area contributed by atoms with Crippen molar-refractivity contribution in [3.63, 3.8) is 0 Å². The molecule has 0 saturated heterocycles. The Labute approximate surface area is 115 Å². The lowest BCUT2D eigenvalue weighted by atomic mass is 10.2. The van der Waals surface area contributed by atoms with Crippen LogP contribution in [0.1, 0.15) is 5.56 Å². The van der Waals surface area contributed by atoms with Gasteiger partial charge in [-0.05, 0) is 29.8 Å². The minimum absolute atomic E-state index is 0.0413. The number of sulfone groups is 1. The smallest absolute Gasteiger partial charge is 0.184 e. The molecule has 0 amide bonds. The third-order valence-electron chi connectivity index (χ3n) is 2.59. The molecular weight excluding hydrogens is 289 g/mol. The van der Waals surface area contributed by atoms with Gasteiger partial charge in [-0.2, -0.15) is 0 Å². The summed E-state index contributed by atoms with van der Waals surface area (Å²) in [4.78, 5) is 0.0466. The molecule has 2 aromatic rings. The molecule has 0 aromatic heterocycles. The quantitative estimate of drug-likeness (QED) is 0.886. The van der Waals surface area contributed by atoms with Gasteiger partial charge < -0.3 is 5.73 Å². The summed E-state index contributed by atoms with van der Waals surface area (Å²) in [5, 5.41) is -0.0413. The molecule has 2 N–H and O–H groups in total. The van der Waals surface area contributed by atoms with Gasteiger partial charge in [0.15, 0.2) is 9.84 Å². The van der Waals surface area contributed by atoms with E-state index in [9.17, 15) is 12.8 Å². The number of benzene rings is 2. The van der Waals surface area contributed by atoms with Crippen LogP contribution in [0.15, 0.2) is 47.4 Å². The average Bonchev–Trinajstić information content (AvgIpc) is 2.34. The third-order valence-corrected chi connectivity index (χ3v) is 4.66. The van der Waals surface area contributed by atoms with Crippen molar-refractivity contribution >= 4 is 27.1 Å². The third kappa shape index (κ3) is 3.05. The molecule has 3 nitrogen and oxygen atoms in total. The molecule has 0 unspecified atom stereocenters. The molecule has 0 fully saturated rings. The van der Waals surface area contributed by atoms with Crippen molar-refractivity contribution in [1.82, 2.24) is 0 Å². The second-order valence-electron chi connectivity index (χ2n) is 4.05. The van der Waals surface area contributed by atoms with E-state index in [1.165, 1.54) is 24.3 Å². The predicted octanol–water partition coefficient (Wildman–Crippen LogP) is 3.04. The van der Waals surface area contributed by atoms with Crippen LogP contribution in [0.3, 0.4) is 0 Å². The Bertz CT molecular complexity index is 716. The number of anilines is 1. The molecule has 0 atom stereocenters. The highest BCUT2D eigenvalue weighted by atomic mass is 35.5. The van der Waals surface area contributed by atoms with Gasteiger partial charge in [0.25, 0.3) is 0 Å². The summed E-state index contributed by atoms with van der Waals surface area (Å²) in [6.07, 6.45) is 0. The van der Waals surface area contributed by atoms with E-state index in [0.29, 0.717) is 5.56 Å². The number of para-hydroxylation sites is 1. The van der Waals surface area contributed by atoms with Gasteiger partial charge in [-0.1, -0.05) is 29.8 Å². The molecular formula is C13H11ClFNO2S. The van der Waals surface area contributed by atoms with Crippen molar-refractivity contribution in [3.05, 3.63) is 58.9 Å². The highest BCUT2D eigenvalue weighted by Gasteiger charge is 2.18. The van der Waals surface area contributed by atoms with Gasteiger partial charge in [-0.15, -0.1) is 0 Å². The first-order chi connectivity index (χ1) is 8.90. The molecule has 19 heavy (non-hydrogen) atoms. The van der Waals surface area contributed by atoms with Crippen LogP contribution in [-0.2, 0) is 15.6 Å². The average molecular weight is 300 g/mol. The van der Waals surface area contributed by atoms with Gasteiger partial charge in [-0.25, -0.2) is 12.8 Å². The van der Waals surface area contributed by atoms with Gasteiger partial charge in [-0.3, -0.25) is 0 Å². The Kier molecular flexibility index (Phi) is 3.78. The largest absolute Gasteiger partial charge is 0.398 e. The topological polar surface area (TPSA) is 60.2 Å². The summed E-state index contributed by atoms with van der Waals surface area (Å²) in [5.74, 6) is -0.967. The minimum Gasteiger partial charge on any atom is -0.398 e. The van der Waals surface area contributed by atoms with E-state index in [4.69, 9.17) is 17.3 Å². The zero-order chi connectivity index (χ0) is 14.0. The molecule has 100 valence electrons. The van der Waals surface area contributed by atoms with Gasteiger partial charge in [0.05, 0.1) is 21.4 Å². The van der Waals surface area contributed by atoms with Crippen LogP contribution < -0.4 is 5.73 Å². The van der Waals surface area contributed by atoms with Crippen LogP contribution in [0.25, 0.3) is 0 Å². The fraction of sp³-hybridized carbons (Fsp3) is 0.0769. The number of nitrogens with two attached hydrogens (primary N) is 1. The van der Waals surface area contributed by atoms with Crippen molar-refractivity contribution in [2.24, 2.45) is 0 Å². The maximum Gasteiger partial charge on any atom is 0.184 e.